The molecule has 0 aromatic heterocycles. The summed E-state index contributed by atoms with van der Waals surface area (Å²) >= 11 is 0. The predicted octanol–water partition coefficient (Wildman–Crippen LogP) is 4.27. The van der Waals surface area contributed by atoms with E-state index in [4.69, 9.17) is 4.74 Å². The summed E-state index contributed by atoms with van der Waals surface area (Å²) in [6.07, 6.45) is 0. The third kappa shape index (κ3) is 3.36. The minimum Gasteiger partial charge on any atom is -0.457 e. The highest BCUT2D eigenvalue weighted by molar-refractivity contribution is 5.39. The standard InChI is InChI=1S/C17H20O2/c1-17(2,3)14-8-10-15(11-9-14)19-16-7-5-4-6-13(16)12-18/h4-11,18H,12H2,1-3H3. The van der Waals surface area contributed by atoms with Crippen molar-refractivity contribution in [1.29, 1.82) is 0 Å². The average Bonchev–Trinajstić information content (AvgIpc) is 2.39. The Morgan fingerprint density at radius 2 is 1.58 bits per heavy atom. The highest BCUT2D eigenvalue weighted by Gasteiger charge is 2.13. The highest BCUT2D eigenvalue weighted by Crippen LogP contribution is 2.28. The van der Waals surface area contributed by atoms with Crippen molar-refractivity contribution >= 4 is 0 Å². The maximum absolute atomic E-state index is 9.27. The number of para-hydroxylation sites is 1. The normalized spacial score (nSPS) is 11.4. The first-order valence-corrected chi connectivity index (χ1v) is 6.48. The summed E-state index contributed by atoms with van der Waals surface area (Å²) in [5.74, 6) is 1.49. The van der Waals surface area contributed by atoms with Crippen molar-refractivity contribution in [2.45, 2.75) is 32.8 Å². The fraction of sp³-hybridized carbons (Fsp3) is 0.294. The molecule has 2 aromatic rings. The number of ether oxygens (including phenoxy) is 1. The molecule has 0 aliphatic carbocycles. The Labute approximate surface area is 114 Å². The van der Waals surface area contributed by atoms with Gasteiger partial charge in [0.2, 0.25) is 0 Å². The molecule has 0 saturated carbocycles. The van der Waals surface area contributed by atoms with Crippen LogP contribution in [0.3, 0.4) is 0 Å². The molecule has 0 saturated heterocycles. The van der Waals surface area contributed by atoms with E-state index >= 15 is 0 Å². The molecule has 19 heavy (non-hydrogen) atoms. The quantitative estimate of drug-likeness (QED) is 0.888. The van der Waals surface area contributed by atoms with Gasteiger partial charge < -0.3 is 9.84 Å². The molecule has 0 atom stereocenters. The van der Waals surface area contributed by atoms with E-state index in [0.29, 0.717) is 5.75 Å². The van der Waals surface area contributed by atoms with Crippen molar-refractivity contribution in [2.24, 2.45) is 0 Å². The minimum atomic E-state index is -0.0176. The van der Waals surface area contributed by atoms with Crippen LogP contribution in [0, 0.1) is 0 Å². The van der Waals surface area contributed by atoms with Gasteiger partial charge >= 0.3 is 0 Å². The Bertz CT molecular complexity index is 536. The second-order valence-electron chi connectivity index (χ2n) is 5.64. The van der Waals surface area contributed by atoms with Gasteiger partial charge in [-0.2, -0.15) is 0 Å². The van der Waals surface area contributed by atoms with Crippen molar-refractivity contribution in [3.8, 4) is 11.5 Å². The molecule has 0 aliphatic heterocycles. The van der Waals surface area contributed by atoms with Crippen molar-refractivity contribution in [2.75, 3.05) is 0 Å². The molecule has 0 fully saturated rings. The topological polar surface area (TPSA) is 29.5 Å². The van der Waals surface area contributed by atoms with Gasteiger partial charge in [-0.1, -0.05) is 51.1 Å². The molecule has 2 nitrogen and oxygen atoms in total. The van der Waals surface area contributed by atoms with Crippen LogP contribution in [0.1, 0.15) is 31.9 Å². The van der Waals surface area contributed by atoms with Gasteiger partial charge in [0, 0.05) is 5.56 Å². The summed E-state index contributed by atoms with van der Waals surface area (Å²) in [4.78, 5) is 0. The van der Waals surface area contributed by atoms with Crippen molar-refractivity contribution in [3.05, 3.63) is 59.7 Å². The lowest BCUT2D eigenvalue weighted by molar-refractivity contribution is 0.276. The van der Waals surface area contributed by atoms with Crippen LogP contribution in [-0.2, 0) is 12.0 Å². The van der Waals surface area contributed by atoms with Crippen LogP contribution in [-0.4, -0.2) is 5.11 Å². The van der Waals surface area contributed by atoms with E-state index in [-0.39, 0.29) is 12.0 Å². The minimum absolute atomic E-state index is 0.0176. The summed E-state index contributed by atoms with van der Waals surface area (Å²) in [5, 5.41) is 9.27. The molecule has 100 valence electrons. The lowest BCUT2D eigenvalue weighted by atomic mass is 9.87. The largest absolute Gasteiger partial charge is 0.457 e. The second kappa shape index (κ2) is 5.45. The zero-order valence-electron chi connectivity index (χ0n) is 11.7. The Balaban J connectivity index is 2.20. The number of hydrogen-bond acceptors (Lipinski definition) is 2. The molecule has 0 bridgehead atoms. The van der Waals surface area contributed by atoms with Gasteiger partial charge in [-0.25, -0.2) is 0 Å². The van der Waals surface area contributed by atoms with Crippen LogP contribution in [0.15, 0.2) is 48.5 Å². The molecule has 0 aliphatic rings. The Morgan fingerprint density at radius 1 is 0.947 bits per heavy atom. The Morgan fingerprint density at radius 3 is 2.16 bits per heavy atom. The Kier molecular flexibility index (Phi) is 3.91. The van der Waals surface area contributed by atoms with Gasteiger partial charge in [-0.15, -0.1) is 0 Å². The predicted molar refractivity (Wildman–Crippen MR) is 77.6 cm³/mol. The monoisotopic (exact) mass is 256 g/mol. The SMILES string of the molecule is CC(C)(C)c1ccc(Oc2ccccc2CO)cc1. The number of aliphatic hydroxyl groups is 1. The van der Waals surface area contributed by atoms with Crippen LogP contribution < -0.4 is 4.74 Å². The number of benzene rings is 2. The zero-order chi connectivity index (χ0) is 13.9. The molecule has 0 amide bonds. The number of hydrogen-bond donors (Lipinski definition) is 1. The van der Waals surface area contributed by atoms with E-state index in [1.165, 1.54) is 5.56 Å². The zero-order valence-corrected chi connectivity index (χ0v) is 11.7. The first kappa shape index (κ1) is 13.6. The molecule has 0 spiro atoms. The molecule has 2 heteroatoms. The maximum Gasteiger partial charge on any atom is 0.132 e. The lowest BCUT2D eigenvalue weighted by Gasteiger charge is -2.19. The van der Waals surface area contributed by atoms with E-state index in [0.717, 1.165) is 11.3 Å². The molecular formula is C17H20O2. The summed E-state index contributed by atoms with van der Waals surface area (Å²) in [6, 6.07) is 15.6. The first-order chi connectivity index (χ1) is 9.00. The van der Waals surface area contributed by atoms with Gasteiger partial charge in [0.05, 0.1) is 6.61 Å². The molecule has 2 rings (SSSR count). The third-order valence-electron chi connectivity index (χ3n) is 3.09. The maximum atomic E-state index is 9.27. The highest BCUT2D eigenvalue weighted by atomic mass is 16.5. The first-order valence-electron chi connectivity index (χ1n) is 6.48. The summed E-state index contributed by atoms with van der Waals surface area (Å²) in [5.41, 5.74) is 2.21. The lowest BCUT2D eigenvalue weighted by Crippen LogP contribution is -2.10. The molecule has 0 radical (unpaired) electrons. The number of rotatable bonds is 3. The van der Waals surface area contributed by atoms with Gasteiger partial charge in [0.25, 0.3) is 0 Å². The Hall–Kier alpha value is -1.80. The third-order valence-corrected chi connectivity index (χ3v) is 3.09. The van der Waals surface area contributed by atoms with Gasteiger partial charge in [0.1, 0.15) is 11.5 Å². The number of aliphatic hydroxyl groups excluding tert-OH is 1. The van der Waals surface area contributed by atoms with E-state index in [9.17, 15) is 5.11 Å². The van der Waals surface area contributed by atoms with E-state index < -0.39 is 0 Å². The van der Waals surface area contributed by atoms with Gasteiger partial charge in [-0.05, 0) is 29.2 Å². The van der Waals surface area contributed by atoms with Crippen LogP contribution >= 0.6 is 0 Å². The molecular weight excluding hydrogens is 236 g/mol. The average molecular weight is 256 g/mol. The summed E-state index contributed by atoms with van der Waals surface area (Å²) in [7, 11) is 0. The molecule has 2 aromatic carbocycles. The van der Waals surface area contributed by atoms with Crippen LogP contribution in [0.5, 0.6) is 11.5 Å². The van der Waals surface area contributed by atoms with E-state index in [2.05, 4.69) is 32.9 Å². The fourth-order valence-corrected chi connectivity index (χ4v) is 1.88. The molecule has 0 unspecified atom stereocenters. The van der Waals surface area contributed by atoms with Crippen molar-refractivity contribution < 1.29 is 9.84 Å². The van der Waals surface area contributed by atoms with Gasteiger partial charge in [-0.3, -0.25) is 0 Å². The molecule has 0 heterocycles. The van der Waals surface area contributed by atoms with E-state index in [1.54, 1.807) is 0 Å². The van der Waals surface area contributed by atoms with Crippen molar-refractivity contribution in [1.82, 2.24) is 0 Å². The van der Waals surface area contributed by atoms with Gasteiger partial charge in [0.15, 0.2) is 0 Å². The van der Waals surface area contributed by atoms with Crippen LogP contribution in [0.25, 0.3) is 0 Å². The smallest absolute Gasteiger partial charge is 0.132 e. The molecule has 1 N–H and O–H groups in total. The van der Waals surface area contributed by atoms with Crippen molar-refractivity contribution in [3.63, 3.8) is 0 Å². The summed E-state index contributed by atoms with van der Waals surface area (Å²) in [6.45, 7) is 6.54. The summed E-state index contributed by atoms with van der Waals surface area (Å²) < 4.78 is 5.81. The van der Waals surface area contributed by atoms with Crippen LogP contribution in [0.2, 0.25) is 0 Å². The fourth-order valence-electron chi connectivity index (χ4n) is 1.88. The van der Waals surface area contributed by atoms with E-state index in [1.807, 2.05) is 36.4 Å². The second-order valence-corrected chi connectivity index (χ2v) is 5.64. The van der Waals surface area contributed by atoms with Crippen LogP contribution in [0.4, 0.5) is 0 Å².